The molecular formula is C19H19ClFNO2. The normalized spacial score (nSPS) is 17.8. The summed E-state index contributed by atoms with van der Waals surface area (Å²) in [5.41, 5.74) is 1.45. The van der Waals surface area contributed by atoms with Gasteiger partial charge >= 0.3 is 0 Å². The first kappa shape index (κ1) is 16.9. The molecule has 0 bridgehead atoms. The van der Waals surface area contributed by atoms with E-state index in [9.17, 15) is 9.18 Å². The van der Waals surface area contributed by atoms with Crippen LogP contribution in [-0.2, 0) is 11.3 Å². The molecule has 3 nitrogen and oxygen atoms in total. The van der Waals surface area contributed by atoms with Crippen LogP contribution < -0.4 is 0 Å². The van der Waals surface area contributed by atoms with E-state index in [4.69, 9.17) is 16.3 Å². The maximum atomic E-state index is 13.0. The van der Waals surface area contributed by atoms with Gasteiger partial charge in [0.25, 0.3) is 5.91 Å². The van der Waals surface area contributed by atoms with Gasteiger partial charge < -0.3 is 9.64 Å². The topological polar surface area (TPSA) is 29.5 Å². The number of likely N-dealkylation sites (tertiary alicyclic amines) is 1. The molecule has 126 valence electrons. The molecule has 2 aromatic rings. The molecule has 0 aliphatic carbocycles. The zero-order valence-corrected chi connectivity index (χ0v) is 14.0. The molecule has 1 heterocycles. The molecule has 5 heteroatoms. The van der Waals surface area contributed by atoms with Gasteiger partial charge in [0.15, 0.2) is 0 Å². The molecule has 1 aliphatic heterocycles. The van der Waals surface area contributed by atoms with Crippen molar-refractivity contribution in [3.8, 4) is 0 Å². The molecule has 0 aromatic heterocycles. The number of carbonyl (C=O) groups excluding carboxylic acids is 1. The van der Waals surface area contributed by atoms with E-state index < -0.39 is 0 Å². The Morgan fingerprint density at radius 2 is 1.96 bits per heavy atom. The van der Waals surface area contributed by atoms with Crippen LogP contribution in [0.5, 0.6) is 0 Å². The minimum atomic E-state index is -0.342. The van der Waals surface area contributed by atoms with Crippen molar-refractivity contribution in [2.45, 2.75) is 25.6 Å². The Labute approximate surface area is 146 Å². The summed E-state index contributed by atoms with van der Waals surface area (Å²) in [7, 11) is 0. The van der Waals surface area contributed by atoms with E-state index in [0.29, 0.717) is 30.3 Å². The fourth-order valence-electron chi connectivity index (χ4n) is 2.86. The Bertz CT molecular complexity index is 705. The Kier molecular flexibility index (Phi) is 5.48. The minimum absolute atomic E-state index is 0.0144. The molecule has 1 aliphatic rings. The highest BCUT2D eigenvalue weighted by Gasteiger charge is 2.25. The van der Waals surface area contributed by atoms with E-state index in [0.717, 1.165) is 18.4 Å². The number of ether oxygens (including phenoxy) is 1. The summed E-state index contributed by atoms with van der Waals surface area (Å²) in [6.07, 6.45) is 1.79. The van der Waals surface area contributed by atoms with Crippen molar-refractivity contribution in [3.05, 3.63) is 70.5 Å². The zero-order chi connectivity index (χ0) is 16.9. The number of hydrogen-bond acceptors (Lipinski definition) is 2. The molecule has 1 atom stereocenters. The van der Waals surface area contributed by atoms with Crippen LogP contribution in [0.15, 0.2) is 48.5 Å². The number of hydrogen-bond donors (Lipinski definition) is 0. The first-order chi connectivity index (χ1) is 11.6. The Balaban J connectivity index is 1.59. The molecule has 1 saturated heterocycles. The van der Waals surface area contributed by atoms with Crippen molar-refractivity contribution in [2.24, 2.45) is 0 Å². The quantitative estimate of drug-likeness (QED) is 0.825. The third-order valence-corrected chi connectivity index (χ3v) is 4.56. The lowest BCUT2D eigenvalue weighted by Crippen LogP contribution is -2.43. The highest BCUT2D eigenvalue weighted by molar-refractivity contribution is 6.31. The summed E-state index contributed by atoms with van der Waals surface area (Å²) in [4.78, 5) is 14.3. The van der Waals surface area contributed by atoms with Gasteiger partial charge in [-0.1, -0.05) is 29.8 Å². The van der Waals surface area contributed by atoms with Crippen LogP contribution in [0.25, 0.3) is 0 Å². The van der Waals surface area contributed by atoms with E-state index in [1.165, 1.54) is 24.3 Å². The summed E-state index contributed by atoms with van der Waals surface area (Å²) in [5.74, 6) is -0.424. The molecule has 2 aromatic carbocycles. The molecular weight excluding hydrogens is 329 g/mol. The lowest BCUT2D eigenvalue weighted by molar-refractivity contribution is -0.00670. The summed E-state index contributed by atoms with van der Waals surface area (Å²) in [5, 5.41) is 0.688. The molecule has 3 rings (SSSR count). The molecule has 24 heavy (non-hydrogen) atoms. The fourth-order valence-corrected chi connectivity index (χ4v) is 3.05. The summed E-state index contributed by atoms with van der Waals surface area (Å²) in [6.45, 7) is 1.67. The van der Waals surface area contributed by atoms with Crippen LogP contribution in [0.4, 0.5) is 4.39 Å². The van der Waals surface area contributed by atoms with Crippen molar-refractivity contribution < 1.29 is 13.9 Å². The molecule has 0 saturated carbocycles. The van der Waals surface area contributed by atoms with Gasteiger partial charge in [0.1, 0.15) is 5.82 Å². The van der Waals surface area contributed by atoms with Crippen LogP contribution in [0.1, 0.15) is 28.8 Å². The average Bonchev–Trinajstić information content (AvgIpc) is 2.61. The number of piperidine rings is 1. The SMILES string of the molecule is O=C(c1ccc(F)cc1)N1CCCC(OCc2ccccc2Cl)C1. The smallest absolute Gasteiger partial charge is 0.253 e. The minimum Gasteiger partial charge on any atom is -0.372 e. The first-order valence-electron chi connectivity index (χ1n) is 8.03. The Morgan fingerprint density at radius 3 is 2.71 bits per heavy atom. The van der Waals surface area contributed by atoms with Gasteiger partial charge in [0, 0.05) is 23.7 Å². The average molecular weight is 348 g/mol. The molecule has 1 unspecified atom stereocenters. The van der Waals surface area contributed by atoms with Crippen molar-refractivity contribution in [1.29, 1.82) is 0 Å². The van der Waals surface area contributed by atoms with E-state index in [1.54, 1.807) is 4.90 Å². The van der Waals surface area contributed by atoms with Gasteiger partial charge in [-0.05, 0) is 48.7 Å². The Morgan fingerprint density at radius 1 is 1.21 bits per heavy atom. The van der Waals surface area contributed by atoms with Crippen LogP contribution in [0.2, 0.25) is 5.02 Å². The predicted molar refractivity (Wildman–Crippen MR) is 91.6 cm³/mol. The third kappa shape index (κ3) is 4.13. The second-order valence-electron chi connectivity index (χ2n) is 5.92. The molecule has 1 fully saturated rings. The lowest BCUT2D eigenvalue weighted by Gasteiger charge is -2.32. The highest BCUT2D eigenvalue weighted by atomic mass is 35.5. The summed E-state index contributed by atoms with van der Waals surface area (Å²) in [6, 6.07) is 13.2. The second-order valence-corrected chi connectivity index (χ2v) is 6.33. The number of carbonyl (C=O) groups is 1. The first-order valence-corrected chi connectivity index (χ1v) is 8.41. The molecule has 0 radical (unpaired) electrons. The van der Waals surface area contributed by atoms with Gasteiger partial charge in [-0.2, -0.15) is 0 Å². The standard InChI is InChI=1S/C19H19ClFNO2/c20-18-6-2-1-4-15(18)13-24-17-5-3-11-22(12-17)19(23)14-7-9-16(21)10-8-14/h1-2,4,6-10,17H,3,5,11-13H2. The number of halogens is 2. The maximum Gasteiger partial charge on any atom is 0.253 e. The van der Waals surface area contributed by atoms with Crippen LogP contribution in [0.3, 0.4) is 0 Å². The van der Waals surface area contributed by atoms with Crippen molar-refractivity contribution in [2.75, 3.05) is 13.1 Å². The van der Waals surface area contributed by atoms with Gasteiger partial charge in [-0.3, -0.25) is 4.79 Å². The fraction of sp³-hybridized carbons (Fsp3) is 0.316. The molecule has 0 N–H and O–H groups in total. The second kappa shape index (κ2) is 7.77. The van der Waals surface area contributed by atoms with E-state index in [-0.39, 0.29) is 17.8 Å². The van der Waals surface area contributed by atoms with Gasteiger partial charge in [0.2, 0.25) is 0 Å². The van der Waals surface area contributed by atoms with Crippen LogP contribution in [-0.4, -0.2) is 30.0 Å². The highest BCUT2D eigenvalue weighted by Crippen LogP contribution is 2.20. The lowest BCUT2D eigenvalue weighted by atomic mass is 10.1. The van der Waals surface area contributed by atoms with Crippen molar-refractivity contribution in [3.63, 3.8) is 0 Å². The third-order valence-electron chi connectivity index (χ3n) is 4.19. The van der Waals surface area contributed by atoms with E-state index in [1.807, 2.05) is 24.3 Å². The predicted octanol–water partition coefficient (Wildman–Crippen LogP) is 4.30. The van der Waals surface area contributed by atoms with Gasteiger partial charge in [0.05, 0.1) is 12.7 Å². The number of nitrogens with zero attached hydrogens (tertiary/aromatic N) is 1. The number of amides is 1. The van der Waals surface area contributed by atoms with Crippen LogP contribution in [0, 0.1) is 5.82 Å². The zero-order valence-electron chi connectivity index (χ0n) is 13.3. The monoisotopic (exact) mass is 347 g/mol. The van der Waals surface area contributed by atoms with Crippen molar-refractivity contribution in [1.82, 2.24) is 4.90 Å². The largest absolute Gasteiger partial charge is 0.372 e. The maximum absolute atomic E-state index is 13.0. The van der Waals surface area contributed by atoms with Crippen molar-refractivity contribution >= 4 is 17.5 Å². The van der Waals surface area contributed by atoms with Gasteiger partial charge in [-0.15, -0.1) is 0 Å². The number of rotatable bonds is 4. The number of benzene rings is 2. The van der Waals surface area contributed by atoms with E-state index >= 15 is 0 Å². The summed E-state index contributed by atoms with van der Waals surface area (Å²) >= 11 is 6.14. The summed E-state index contributed by atoms with van der Waals surface area (Å²) < 4.78 is 18.9. The van der Waals surface area contributed by atoms with Crippen LogP contribution >= 0.6 is 11.6 Å². The van der Waals surface area contributed by atoms with Gasteiger partial charge in [-0.25, -0.2) is 4.39 Å². The molecule has 0 spiro atoms. The molecule has 1 amide bonds. The Hall–Kier alpha value is -1.91. The van der Waals surface area contributed by atoms with E-state index in [2.05, 4.69) is 0 Å².